The van der Waals surface area contributed by atoms with Gasteiger partial charge in [0.25, 0.3) is 11.7 Å². The number of hydrogen-bond acceptors (Lipinski definition) is 4. The second kappa shape index (κ2) is 8.27. The number of rotatable bonds is 5. The Hall–Kier alpha value is -1.18. The van der Waals surface area contributed by atoms with Crippen LogP contribution in [0.5, 0.6) is 0 Å². The fourth-order valence-corrected chi connectivity index (χ4v) is 5.76. The minimum atomic E-state index is -2.52. The van der Waals surface area contributed by atoms with E-state index in [1.54, 1.807) is 36.4 Å². The van der Waals surface area contributed by atoms with Gasteiger partial charge in [0.05, 0.1) is 10.3 Å². The van der Waals surface area contributed by atoms with Crippen molar-refractivity contribution in [2.75, 3.05) is 16.8 Å². The smallest absolute Gasteiger partial charge is 0.288 e. The SMILES string of the molecule is O=C(Nc1ccccc1SC(F)F)c1ccc(C2SCCS2)cc1. The molecule has 1 aliphatic heterocycles. The van der Waals surface area contributed by atoms with Crippen molar-refractivity contribution in [1.29, 1.82) is 0 Å². The maximum absolute atomic E-state index is 12.6. The highest BCUT2D eigenvalue weighted by molar-refractivity contribution is 8.19. The summed E-state index contributed by atoms with van der Waals surface area (Å²) in [6, 6.07) is 14.1. The molecule has 3 rings (SSSR count). The molecule has 0 bridgehead atoms. The van der Waals surface area contributed by atoms with Crippen LogP contribution in [0.1, 0.15) is 20.5 Å². The van der Waals surface area contributed by atoms with Crippen LogP contribution >= 0.6 is 35.3 Å². The first-order chi connectivity index (χ1) is 11.6. The third-order valence-electron chi connectivity index (χ3n) is 3.42. The average Bonchev–Trinajstić information content (AvgIpc) is 3.11. The molecule has 0 spiro atoms. The Morgan fingerprint density at radius 1 is 1.08 bits per heavy atom. The molecule has 0 atom stereocenters. The van der Waals surface area contributed by atoms with E-state index in [0.29, 0.717) is 32.5 Å². The summed E-state index contributed by atoms with van der Waals surface area (Å²) in [5.41, 5.74) is 2.12. The lowest BCUT2D eigenvalue weighted by Gasteiger charge is -2.12. The molecule has 0 unspecified atom stereocenters. The molecular formula is C17H15F2NOS3. The highest BCUT2D eigenvalue weighted by Gasteiger charge is 2.19. The van der Waals surface area contributed by atoms with Crippen LogP contribution < -0.4 is 5.32 Å². The minimum Gasteiger partial charge on any atom is -0.321 e. The molecule has 1 N–H and O–H groups in total. The predicted molar refractivity (Wildman–Crippen MR) is 100 cm³/mol. The average molecular weight is 384 g/mol. The third-order valence-corrected chi connectivity index (χ3v) is 7.31. The van der Waals surface area contributed by atoms with Crippen LogP contribution in [0.3, 0.4) is 0 Å². The number of benzene rings is 2. The molecule has 24 heavy (non-hydrogen) atoms. The topological polar surface area (TPSA) is 29.1 Å². The van der Waals surface area contributed by atoms with E-state index >= 15 is 0 Å². The molecule has 1 fully saturated rings. The Kier molecular flexibility index (Phi) is 6.08. The molecule has 1 heterocycles. The molecule has 1 amide bonds. The lowest BCUT2D eigenvalue weighted by atomic mass is 10.1. The summed E-state index contributed by atoms with van der Waals surface area (Å²) < 4.78 is 25.6. The lowest BCUT2D eigenvalue weighted by molar-refractivity contribution is 0.102. The van der Waals surface area contributed by atoms with Crippen LogP contribution in [-0.4, -0.2) is 23.2 Å². The quantitative estimate of drug-likeness (QED) is 0.668. The van der Waals surface area contributed by atoms with Crippen molar-refractivity contribution < 1.29 is 13.6 Å². The first kappa shape index (κ1) is 17.6. The van der Waals surface area contributed by atoms with Crippen LogP contribution in [0.15, 0.2) is 53.4 Å². The Labute approximate surface area is 152 Å². The first-order valence-corrected chi connectivity index (χ1v) is 10.3. The van der Waals surface area contributed by atoms with E-state index in [1.165, 1.54) is 5.56 Å². The number of carbonyl (C=O) groups is 1. The molecule has 0 saturated carbocycles. The molecule has 1 aliphatic rings. The van der Waals surface area contributed by atoms with Gasteiger partial charge in [-0.05, 0) is 29.8 Å². The van der Waals surface area contributed by atoms with E-state index in [-0.39, 0.29) is 5.91 Å². The third kappa shape index (κ3) is 4.46. The Morgan fingerprint density at radius 3 is 2.42 bits per heavy atom. The number of nitrogens with one attached hydrogen (secondary N) is 1. The maximum Gasteiger partial charge on any atom is 0.288 e. The second-order valence-electron chi connectivity index (χ2n) is 5.02. The number of carbonyl (C=O) groups excluding carboxylic acids is 1. The predicted octanol–water partition coefficient (Wildman–Crippen LogP) is 5.73. The van der Waals surface area contributed by atoms with Gasteiger partial charge in [0.2, 0.25) is 0 Å². The Bertz CT molecular complexity index is 703. The number of para-hydroxylation sites is 1. The zero-order valence-corrected chi connectivity index (χ0v) is 15.0. The van der Waals surface area contributed by atoms with Crippen molar-refractivity contribution in [2.45, 2.75) is 15.2 Å². The van der Waals surface area contributed by atoms with Gasteiger partial charge >= 0.3 is 0 Å². The summed E-state index contributed by atoms with van der Waals surface area (Å²) in [7, 11) is 0. The summed E-state index contributed by atoms with van der Waals surface area (Å²) in [6.07, 6.45) is 0. The van der Waals surface area contributed by atoms with Gasteiger partial charge in [0.15, 0.2) is 0 Å². The fourth-order valence-electron chi connectivity index (χ4n) is 2.31. The van der Waals surface area contributed by atoms with Crippen molar-refractivity contribution in [3.8, 4) is 0 Å². The minimum absolute atomic E-state index is 0.296. The number of thioether (sulfide) groups is 3. The fraction of sp³-hybridized carbons (Fsp3) is 0.235. The van der Waals surface area contributed by atoms with Crippen LogP contribution in [0.25, 0.3) is 0 Å². The zero-order valence-electron chi connectivity index (χ0n) is 12.6. The molecule has 126 valence electrons. The van der Waals surface area contributed by atoms with Gasteiger partial charge < -0.3 is 5.32 Å². The number of amides is 1. The summed E-state index contributed by atoms with van der Waals surface area (Å²) in [6.45, 7) is 0. The van der Waals surface area contributed by atoms with Gasteiger partial charge in [0, 0.05) is 22.0 Å². The maximum atomic E-state index is 12.6. The standard InChI is InChI=1S/C17H15F2NOS3/c18-17(19)24-14-4-2-1-3-13(14)20-15(21)11-5-7-12(8-6-11)16-22-9-10-23-16/h1-8,16-17H,9-10H2,(H,20,21). The molecule has 2 aromatic carbocycles. The van der Waals surface area contributed by atoms with E-state index < -0.39 is 5.76 Å². The van der Waals surface area contributed by atoms with Gasteiger partial charge in [-0.2, -0.15) is 8.78 Å². The monoisotopic (exact) mass is 383 g/mol. The zero-order chi connectivity index (χ0) is 16.9. The van der Waals surface area contributed by atoms with Gasteiger partial charge in [-0.3, -0.25) is 4.79 Å². The van der Waals surface area contributed by atoms with E-state index in [4.69, 9.17) is 0 Å². The molecule has 0 aromatic heterocycles. The second-order valence-corrected chi connectivity index (χ2v) is 8.78. The van der Waals surface area contributed by atoms with Crippen LogP contribution in [0.4, 0.5) is 14.5 Å². The van der Waals surface area contributed by atoms with Crippen LogP contribution in [0.2, 0.25) is 0 Å². The Balaban J connectivity index is 1.71. The summed E-state index contributed by atoms with van der Waals surface area (Å²) in [5.74, 6) is -0.522. The molecule has 2 aromatic rings. The van der Waals surface area contributed by atoms with Gasteiger partial charge in [-0.25, -0.2) is 0 Å². The largest absolute Gasteiger partial charge is 0.321 e. The molecular weight excluding hydrogens is 368 g/mol. The number of hydrogen-bond donors (Lipinski definition) is 1. The molecule has 0 aliphatic carbocycles. The van der Waals surface area contributed by atoms with Gasteiger partial charge in [0.1, 0.15) is 0 Å². The highest BCUT2D eigenvalue weighted by atomic mass is 32.2. The van der Waals surface area contributed by atoms with Crippen molar-refractivity contribution in [3.05, 3.63) is 59.7 Å². The normalized spacial score (nSPS) is 15.0. The van der Waals surface area contributed by atoms with Crippen molar-refractivity contribution in [2.24, 2.45) is 0 Å². The van der Waals surface area contributed by atoms with Crippen molar-refractivity contribution >= 4 is 46.9 Å². The van der Waals surface area contributed by atoms with E-state index in [1.807, 2.05) is 35.7 Å². The van der Waals surface area contributed by atoms with Gasteiger partial charge in [-0.1, -0.05) is 36.0 Å². The number of halogens is 2. The van der Waals surface area contributed by atoms with Crippen molar-refractivity contribution in [1.82, 2.24) is 0 Å². The van der Waals surface area contributed by atoms with Crippen molar-refractivity contribution in [3.63, 3.8) is 0 Å². The Morgan fingerprint density at radius 2 is 1.75 bits per heavy atom. The molecule has 0 radical (unpaired) electrons. The first-order valence-electron chi connectivity index (χ1n) is 7.32. The number of anilines is 1. The van der Waals surface area contributed by atoms with E-state index in [9.17, 15) is 13.6 Å². The summed E-state index contributed by atoms with van der Waals surface area (Å²) in [4.78, 5) is 12.7. The van der Waals surface area contributed by atoms with E-state index in [0.717, 1.165) is 11.5 Å². The summed E-state index contributed by atoms with van der Waals surface area (Å²) in [5, 5.41) is 2.72. The molecule has 7 heteroatoms. The van der Waals surface area contributed by atoms with Crippen LogP contribution in [-0.2, 0) is 0 Å². The summed E-state index contributed by atoms with van der Waals surface area (Å²) >= 11 is 4.25. The van der Waals surface area contributed by atoms with Gasteiger partial charge in [-0.15, -0.1) is 23.5 Å². The molecule has 2 nitrogen and oxygen atoms in total. The van der Waals surface area contributed by atoms with Crippen LogP contribution in [0, 0.1) is 0 Å². The molecule has 1 saturated heterocycles. The van der Waals surface area contributed by atoms with E-state index in [2.05, 4.69) is 5.32 Å². The lowest BCUT2D eigenvalue weighted by Crippen LogP contribution is -2.12. The highest BCUT2D eigenvalue weighted by Crippen LogP contribution is 2.45. The number of alkyl halides is 2.